The van der Waals surface area contributed by atoms with Gasteiger partial charge >= 0.3 is 0 Å². The van der Waals surface area contributed by atoms with Crippen molar-refractivity contribution >= 4 is 29.5 Å². The van der Waals surface area contributed by atoms with Gasteiger partial charge in [-0.3, -0.25) is 24.0 Å². The van der Waals surface area contributed by atoms with Crippen LogP contribution in [0.5, 0.6) is 0 Å². The number of hydrogen-bond acceptors (Lipinski definition) is 6. The molecule has 0 aliphatic carbocycles. The van der Waals surface area contributed by atoms with Crippen LogP contribution in [-0.4, -0.2) is 97.7 Å². The first-order valence-corrected chi connectivity index (χ1v) is 14.1. The Morgan fingerprint density at radius 2 is 1.52 bits per heavy atom. The molecule has 0 aromatic heterocycles. The van der Waals surface area contributed by atoms with E-state index in [0.717, 1.165) is 24.8 Å². The van der Waals surface area contributed by atoms with Crippen LogP contribution in [-0.2, 0) is 30.4 Å². The lowest BCUT2D eigenvalue weighted by Gasteiger charge is -2.33. The van der Waals surface area contributed by atoms with E-state index >= 15 is 0 Å². The summed E-state index contributed by atoms with van der Waals surface area (Å²) < 4.78 is 0. The molecule has 2 rings (SSSR count). The molecule has 0 bridgehead atoms. The first kappa shape index (κ1) is 32.7. The third kappa shape index (κ3) is 9.32. The van der Waals surface area contributed by atoms with Gasteiger partial charge in [0.25, 0.3) is 0 Å². The van der Waals surface area contributed by atoms with Gasteiger partial charge in [-0.25, -0.2) is 0 Å². The molecule has 11 heteroatoms. The van der Waals surface area contributed by atoms with Crippen molar-refractivity contribution in [3.63, 3.8) is 0 Å². The fraction of sp³-hybridized carbons (Fsp3) is 0.621. The van der Waals surface area contributed by atoms with Gasteiger partial charge in [0.2, 0.25) is 29.5 Å². The van der Waals surface area contributed by atoms with Crippen LogP contribution < -0.4 is 21.3 Å². The monoisotopic (exact) mass is 558 g/mol. The van der Waals surface area contributed by atoms with Gasteiger partial charge < -0.3 is 31.1 Å². The summed E-state index contributed by atoms with van der Waals surface area (Å²) in [5.74, 6) is -2.13. The van der Waals surface area contributed by atoms with E-state index < -0.39 is 47.8 Å². The molecular formula is C29H46N6O5. The molecule has 1 aliphatic heterocycles. The first-order chi connectivity index (χ1) is 19.0. The standard InChI is InChI=1S/C29H46N6O5/c1-19(2)25(31-5)27(38)33-22(18-24(36)30-4)29(40)34(6)23(17-21-13-9-7-10-14-21)26(37)32-20(3)28(39)35-15-11-8-12-16-35/h7,9-10,13-14,19-20,22-23,25,31H,8,11-12,15-18H2,1-6H3,(H,30,36)(H,32,37)(H,33,38)/t20-,22-,23-,25-/m0/s1. The molecule has 0 radical (unpaired) electrons. The van der Waals surface area contributed by atoms with Gasteiger partial charge in [0, 0.05) is 33.6 Å². The van der Waals surface area contributed by atoms with Crippen LogP contribution in [0.3, 0.4) is 0 Å². The highest BCUT2D eigenvalue weighted by Crippen LogP contribution is 2.14. The predicted molar refractivity (Wildman–Crippen MR) is 153 cm³/mol. The fourth-order valence-corrected chi connectivity index (χ4v) is 4.92. The van der Waals surface area contributed by atoms with Crippen LogP contribution in [0.1, 0.15) is 52.0 Å². The number of likely N-dealkylation sites (N-methyl/N-ethyl adjacent to an activating group) is 2. The SMILES string of the molecule is CNC(=O)C[C@H](NC(=O)[C@@H](NC)C(C)C)C(=O)N(C)[C@@H](Cc1ccccc1)C(=O)N[C@@H](C)C(=O)N1CCCCC1. The summed E-state index contributed by atoms with van der Waals surface area (Å²) in [6.45, 7) is 6.71. The number of nitrogens with one attached hydrogen (secondary N) is 4. The Hall–Kier alpha value is -3.47. The van der Waals surface area contributed by atoms with Crippen molar-refractivity contribution in [1.82, 2.24) is 31.1 Å². The van der Waals surface area contributed by atoms with Crippen molar-refractivity contribution in [3.8, 4) is 0 Å². The first-order valence-electron chi connectivity index (χ1n) is 14.1. The van der Waals surface area contributed by atoms with Crippen molar-refractivity contribution in [1.29, 1.82) is 0 Å². The van der Waals surface area contributed by atoms with Crippen molar-refractivity contribution in [2.24, 2.45) is 5.92 Å². The fourth-order valence-electron chi connectivity index (χ4n) is 4.92. The Kier molecular flexibility index (Phi) is 13.1. The van der Waals surface area contributed by atoms with Crippen LogP contribution in [0.25, 0.3) is 0 Å². The zero-order valence-corrected chi connectivity index (χ0v) is 24.7. The number of carbonyl (C=O) groups is 5. The maximum Gasteiger partial charge on any atom is 0.246 e. The number of hydrogen-bond donors (Lipinski definition) is 4. The zero-order chi connectivity index (χ0) is 29.8. The molecule has 1 heterocycles. The van der Waals surface area contributed by atoms with Crippen molar-refractivity contribution < 1.29 is 24.0 Å². The summed E-state index contributed by atoms with van der Waals surface area (Å²) in [5, 5.41) is 10.9. The second-order valence-corrected chi connectivity index (χ2v) is 10.7. The summed E-state index contributed by atoms with van der Waals surface area (Å²) >= 11 is 0. The largest absolute Gasteiger partial charge is 0.359 e. The molecule has 40 heavy (non-hydrogen) atoms. The third-order valence-electron chi connectivity index (χ3n) is 7.33. The molecule has 1 saturated heterocycles. The minimum atomic E-state index is -1.19. The normalized spacial score (nSPS) is 16.3. The van der Waals surface area contributed by atoms with E-state index in [9.17, 15) is 24.0 Å². The predicted octanol–water partition coefficient (Wildman–Crippen LogP) is 0.438. The number of nitrogens with zero attached hydrogens (tertiary/aromatic N) is 2. The van der Waals surface area contributed by atoms with Gasteiger partial charge in [0.15, 0.2) is 0 Å². The topological polar surface area (TPSA) is 140 Å². The minimum Gasteiger partial charge on any atom is -0.359 e. The summed E-state index contributed by atoms with van der Waals surface area (Å²) in [6, 6.07) is 5.72. The average Bonchev–Trinajstić information content (AvgIpc) is 2.95. The van der Waals surface area contributed by atoms with Crippen molar-refractivity contribution in [3.05, 3.63) is 35.9 Å². The van der Waals surface area contributed by atoms with Gasteiger partial charge in [-0.1, -0.05) is 44.2 Å². The van der Waals surface area contributed by atoms with E-state index in [1.165, 1.54) is 19.0 Å². The molecule has 222 valence electrons. The molecule has 4 atom stereocenters. The van der Waals surface area contributed by atoms with Crippen LogP contribution >= 0.6 is 0 Å². The van der Waals surface area contributed by atoms with Gasteiger partial charge in [-0.15, -0.1) is 0 Å². The second kappa shape index (κ2) is 16.0. The van der Waals surface area contributed by atoms with E-state index in [0.29, 0.717) is 13.1 Å². The van der Waals surface area contributed by atoms with Gasteiger partial charge in [-0.2, -0.15) is 0 Å². The molecule has 1 aromatic rings. The van der Waals surface area contributed by atoms with Gasteiger partial charge in [0.1, 0.15) is 18.1 Å². The molecule has 1 aliphatic rings. The molecular weight excluding hydrogens is 512 g/mol. The summed E-state index contributed by atoms with van der Waals surface area (Å²) in [5.41, 5.74) is 0.819. The van der Waals surface area contributed by atoms with Crippen molar-refractivity contribution in [2.45, 2.75) is 77.0 Å². The van der Waals surface area contributed by atoms with E-state index in [1.807, 2.05) is 44.2 Å². The molecule has 0 saturated carbocycles. The molecule has 5 amide bonds. The average molecular weight is 559 g/mol. The number of piperidine rings is 1. The second-order valence-electron chi connectivity index (χ2n) is 10.7. The lowest BCUT2D eigenvalue weighted by Crippen LogP contribution is -2.59. The molecule has 11 nitrogen and oxygen atoms in total. The van der Waals surface area contributed by atoms with E-state index in [2.05, 4.69) is 21.3 Å². The Morgan fingerprint density at radius 1 is 0.900 bits per heavy atom. The summed E-state index contributed by atoms with van der Waals surface area (Å²) in [4.78, 5) is 68.7. The van der Waals surface area contributed by atoms with E-state index in [1.54, 1.807) is 18.9 Å². The highest BCUT2D eigenvalue weighted by molar-refractivity contribution is 5.96. The number of amides is 5. The number of carbonyl (C=O) groups excluding carboxylic acids is 5. The highest BCUT2D eigenvalue weighted by Gasteiger charge is 2.36. The van der Waals surface area contributed by atoms with Crippen LogP contribution in [0.4, 0.5) is 0 Å². The molecule has 4 N–H and O–H groups in total. The van der Waals surface area contributed by atoms with Crippen molar-refractivity contribution in [2.75, 3.05) is 34.2 Å². The molecule has 1 aromatic carbocycles. The maximum atomic E-state index is 13.8. The summed E-state index contributed by atoms with van der Waals surface area (Å²) in [6.07, 6.45) is 2.85. The maximum absolute atomic E-state index is 13.8. The molecule has 0 unspecified atom stereocenters. The number of rotatable bonds is 13. The van der Waals surface area contributed by atoms with Crippen LogP contribution in [0.15, 0.2) is 30.3 Å². The highest BCUT2D eigenvalue weighted by atomic mass is 16.2. The van der Waals surface area contributed by atoms with E-state index in [4.69, 9.17) is 0 Å². The Labute approximate surface area is 237 Å². The van der Waals surface area contributed by atoms with Crippen LogP contribution in [0, 0.1) is 5.92 Å². The lowest BCUT2D eigenvalue weighted by molar-refractivity contribution is -0.144. The smallest absolute Gasteiger partial charge is 0.246 e. The zero-order valence-electron chi connectivity index (χ0n) is 24.7. The molecule has 1 fully saturated rings. The van der Waals surface area contributed by atoms with E-state index in [-0.39, 0.29) is 24.7 Å². The molecule has 0 spiro atoms. The third-order valence-corrected chi connectivity index (χ3v) is 7.33. The van der Waals surface area contributed by atoms with Gasteiger partial charge in [0.05, 0.1) is 12.5 Å². The van der Waals surface area contributed by atoms with Gasteiger partial charge in [-0.05, 0) is 44.7 Å². The van der Waals surface area contributed by atoms with Crippen LogP contribution in [0.2, 0.25) is 0 Å². The Morgan fingerprint density at radius 3 is 2.08 bits per heavy atom. The Bertz CT molecular complexity index is 1010. The number of benzene rings is 1. The lowest BCUT2D eigenvalue weighted by atomic mass is 10.0. The quantitative estimate of drug-likeness (QED) is 0.277. The summed E-state index contributed by atoms with van der Waals surface area (Å²) in [7, 11) is 4.58. The minimum absolute atomic E-state index is 0.0611. The number of likely N-dealkylation sites (tertiary alicyclic amines) is 1. The Balaban J connectivity index is 2.30.